The second-order valence-electron chi connectivity index (χ2n) is 6.84. The molecule has 0 spiro atoms. The van der Waals surface area contributed by atoms with Crippen LogP contribution in [0, 0.1) is 29.1 Å². The summed E-state index contributed by atoms with van der Waals surface area (Å²) < 4.78 is 0. The molecule has 4 atom stereocenters. The summed E-state index contributed by atoms with van der Waals surface area (Å²) in [6.45, 7) is 9.25. The van der Waals surface area contributed by atoms with Gasteiger partial charge in [0.2, 0.25) is 0 Å². The Hall–Kier alpha value is -0.590. The molecule has 0 heterocycles. The lowest BCUT2D eigenvalue weighted by Crippen LogP contribution is -2.21. The van der Waals surface area contributed by atoms with Gasteiger partial charge in [0.1, 0.15) is 0 Å². The summed E-state index contributed by atoms with van der Waals surface area (Å²) >= 11 is 0. The van der Waals surface area contributed by atoms with Crippen molar-refractivity contribution in [2.45, 2.75) is 47.0 Å². The van der Waals surface area contributed by atoms with E-state index in [2.05, 4.69) is 27.7 Å². The summed E-state index contributed by atoms with van der Waals surface area (Å²) in [7, 11) is 0. The summed E-state index contributed by atoms with van der Waals surface area (Å²) in [6, 6.07) is 0. The van der Waals surface area contributed by atoms with Gasteiger partial charge in [-0.3, -0.25) is 4.79 Å². The SMILES string of the molecule is CC1=C2[C@H](CC1=O)[C@@H](C)[C@H]1CCC(C)(C)[C@@H]21. The average Bonchev–Trinajstić information content (AvgIpc) is 2.75. The van der Waals surface area contributed by atoms with Crippen molar-refractivity contribution < 1.29 is 4.79 Å². The van der Waals surface area contributed by atoms with Crippen LogP contribution in [0.15, 0.2) is 11.1 Å². The van der Waals surface area contributed by atoms with Crippen molar-refractivity contribution in [3.8, 4) is 0 Å². The van der Waals surface area contributed by atoms with E-state index in [-0.39, 0.29) is 0 Å². The third-order valence-corrected chi connectivity index (χ3v) is 5.69. The van der Waals surface area contributed by atoms with Crippen LogP contribution in [0.25, 0.3) is 0 Å². The molecule has 88 valence electrons. The average molecular weight is 218 g/mol. The van der Waals surface area contributed by atoms with Crippen LogP contribution in [-0.2, 0) is 4.79 Å². The molecule has 0 N–H and O–H groups in total. The maximum atomic E-state index is 11.9. The number of fused-ring (bicyclic) bond motifs is 3. The van der Waals surface area contributed by atoms with Crippen LogP contribution >= 0.6 is 0 Å². The van der Waals surface area contributed by atoms with Crippen LogP contribution in [0.2, 0.25) is 0 Å². The van der Waals surface area contributed by atoms with Crippen molar-refractivity contribution in [2.24, 2.45) is 29.1 Å². The first-order chi connectivity index (χ1) is 7.43. The monoisotopic (exact) mass is 218 g/mol. The zero-order valence-corrected chi connectivity index (χ0v) is 10.8. The molecule has 0 radical (unpaired) electrons. The first kappa shape index (κ1) is 10.6. The Morgan fingerprint density at radius 2 is 2.00 bits per heavy atom. The van der Waals surface area contributed by atoms with E-state index in [0.29, 0.717) is 23.0 Å². The first-order valence-corrected chi connectivity index (χ1v) is 6.67. The summed E-state index contributed by atoms with van der Waals surface area (Å²) in [4.78, 5) is 11.9. The molecule has 3 rings (SSSR count). The second-order valence-corrected chi connectivity index (χ2v) is 6.84. The van der Waals surface area contributed by atoms with E-state index in [1.807, 2.05) is 0 Å². The summed E-state index contributed by atoms with van der Waals surface area (Å²) in [6.07, 6.45) is 3.52. The molecule has 1 heteroatoms. The van der Waals surface area contributed by atoms with E-state index in [9.17, 15) is 4.79 Å². The highest BCUT2D eigenvalue weighted by Gasteiger charge is 2.56. The molecule has 0 saturated heterocycles. The Labute approximate surface area is 98.3 Å². The number of hydrogen-bond acceptors (Lipinski definition) is 1. The summed E-state index contributed by atoms with van der Waals surface area (Å²) in [5, 5.41) is 0. The van der Waals surface area contributed by atoms with E-state index in [1.54, 1.807) is 5.57 Å². The van der Waals surface area contributed by atoms with Gasteiger partial charge >= 0.3 is 0 Å². The minimum Gasteiger partial charge on any atom is -0.295 e. The van der Waals surface area contributed by atoms with E-state index in [1.165, 1.54) is 12.8 Å². The fraction of sp³-hybridized carbons (Fsp3) is 0.800. The van der Waals surface area contributed by atoms with E-state index in [4.69, 9.17) is 0 Å². The molecule has 2 saturated carbocycles. The molecule has 3 aliphatic rings. The first-order valence-electron chi connectivity index (χ1n) is 6.67. The topological polar surface area (TPSA) is 17.1 Å². The molecule has 0 aromatic heterocycles. The molecular formula is C15H22O. The maximum absolute atomic E-state index is 11.9. The molecule has 3 aliphatic carbocycles. The van der Waals surface area contributed by atoms with Crippen molar-refractivity contribution in [1.29, 1.82) is 0 Å². The Morgan fingerprint density at radius 3 is 2.69 bits per heavy atom. The van der Waals surface area contributed by atoms with Gasteiger partial charge in [0.25, 0.3) is 0 Å². The number of hydrogen-bond donors (Lipinski definition) is 0. The molecule has 2 fully saturated rings. The van der Waals surface area contributed by atoms with Gasteiger partial charge in [-0.05, 0) is 54.4 Å². The van der Waals surface area contributed by atoms with Gasteiger partial charge in [0.15, 0.2) is 5.78 Å². The second kappa shape index (κ2) is 3.00. The number of ketones is 1. The summed E-state index contributed by atoms with van der Waals surface area (Å²) in [5.41, 5.74) is 3.11. The Balaban J connectivity index is 2.11. The summed E-state index contributed by atoms with van der Waals surface area (Å²) in [5.74, 6) is 3.33. The lowest BCUT2D eigenvalue weighted by Gasteiger charge is -2.28. The minimum atomic E-state index is 0.424. The molecule has 0 aliphatic heterocycles. The number of rotatable bonds is 0. The standard InChI is InChI=1S/C15H22O/c1-8-10-5-6-15(3,4)14(10)13-9(2)12(16)7-11(8)13/h8,10-11,14H,5-7H2,1-4H3/t8-,10+,11+,14+/m0/s1. The Kier molecular flexibility index (Phi) is 1.98. The lowest BCUT2D eigenvalue weighted by molar-refractivity contribution is -0.115. The van der Waals surface area contributed by atoms with Crippen molar-refractivity contribution in [1.82, 2.24) is 0 Å². The van der Waals surface area contributed by atoms with Gasteiger partial charge in [0.05, 0.1) is 0 Å². The molecule has 1 nitrogen and oxygen atoms in total. The van der Waals surface area contributed by atoms with Gasteiger partial charge in [-0.1, -0.05) is 26.3 Å². The highest BCUT2D eigenvalue weighted by molar-refractivity contribution is 5.99. The fourth-order valence-corrected chi connectivity index (χ4v) is 4.79. The van der Waals surface area contributed by atoms with Gasteiger partial charge in [-0.15, -0.1) is 0 Å². The highest BCUT2D eigenvalue weighted by atomic mass is 16.1. The van der Waals surface area contributed by atoms with Crippen LogP contribution in [0.1, 0.15) is 47.0 Å². The van der Waals surface area contributed by atoms with Gasteiger partial charge < -0.3 is 0 Å². The van der Waals surface area contributed by atoms with Crippen molar-refractivity contribution in [3.05, 3.63) is 11.1 Å². The zero-order valence-electron chi connectivity index (χ0n) is 10.8. The molecular weight excluding hydrogens is 196 g/mol. The largest absolute Gasteiger partial charge is 0.295 e. The predicted molar refractivity (Wildman–Crippen MR) is 65.0 cm³/mol. The van der Waals surface area contributed by atoms with Crippen LogP contribution in [0.3, 0.4) is 0 Å². The number of carbonyl (C=O) groups is 1. The van der Waals surface area contributed by atoms with E-state index >= 15 is 0 Å². The van der Waals surface area contributed by atoms with Gasteiger partial charge in [-0.2, -0.15) is 0 Å². The third-order valence-electron chi connectivity index (χ3n) is 5.69. The molecule has 0 unspecified atom stereocenters. The smallest absolute Gasteiger partial charge is 0.159 e. The van der Waals surface area contributed by atoms with E-state index in [0.717, 1.165) is 23.8 Å². The van der Waals surface area contributed by atoms with Crippen molar-refractivity contribution in [2.75, 3.05) is 0 Å². The van der Waals surface area contributed by atoms with Gasteiger partial charge in [-0.25, -0.2) is 0 Å². The van der Waals surface area contributed by atoms with Crippen LogP contribution in [0.5, 0.6) is 0 Å². The van der Waals surface area contributed by atoms with Crippen LogP contribution in [-0.4, -0.2) is 5.78 Å². The quantitative estimate of drug-likeness (QED) is 0.607. The van der Waals surface area contributed by atoms with Crippen LogP contribution < -0.4 is 0 Å². The number of carbonyl (C=O) groups excluding carboxylic acids is 1. The predicted octanol–water partition coefficient (Wildman–Crippen LogP) is 3.59. The minimum absolute atomic E-state index is 0.424. The number of Topliss-reactive ketones (excluding diaryl/α,β-unsaturated/α-hetero) is 1. The molecule has 0 amide bonds. The van der Waals surface area contributed by atoms with Crippen molar-refractivity contribution in [3.63, 3.8) is 0 Å². The molecule has 0 aromatic carbocycles. The van der Waals surface area contributed by atoms with Crippen LogP contribution in [0.4, 0.5) is 0 Å². The van der Waals surface area contributed by atoms with E-state index < -0.39 is 0 Å². The normalized spacial score (nSPS) is 45.1. The zero-order chi connectivity index (χ0) is 11.7. The molecule has 16 heavy (non-hydrogen) atoms. The number of allylic oxidation sites excluding steroid dienone is 2. The Bertz CT molecular complexity index is 388. The maximum Gasteiger partial charge on any atom is 0.159 e. The Morgan fingerprint density at radius 1 is 1.31 bits per heavy atom. The van der Waals surface area contributed by atoms with Crippen molar-refractivity contribution >= 4 is 5.78 Å². The lowest BCUT2D eigenvalue weighted by atomic mass is 9.76. The van der Waals surface area contributed by atoms with Gasteiger partial charge in [0, 0.05) is 6.42 Å². The third kappa shape index (κ3) is 1.10. The molecule has 0 bridgehead atoms. The fourth-order valence-electron chi connectivity index (χ4n) is 4.79. The molecule has 0 aromatic rings. The highest BCUT2D eigenvalue weighted by Crippen LogP contribution is 2.64.